The molecule has 2 fully saturated rings. The van der Waals surface area contributed by atoms with Crippen LogP contribution in [0, 0.1) is 16.0 Å². The number of rotatable bonds is 16. The number of anilines is 2. The molecule has 15 heteroatoms. The number of aliphatic hydroxyl groups excluding tert-OH is 1. The first-order valence-corrected chi connectivity index (χ1v) is 22.9. The number of carbonyl (C=O) groups is 1. The highest BCUT2D eigenvalue weighted by Crippen LogP contribution is 2.38. The lowest BCUT2D eigenvalue weighted by molar-refractivity contribution is -0.384. The molecule has 2 aliphatic heterocycles. The van der Waals surface area contributed by atoms with Gasteiger partial charge in [-0.15, -0.1) is 11.8 Å². The first kappa shape index (κ1) is 43.1. The maximum Gasteiger partial charge on any atom is 0.293 e. The summed E-state index contributed by atoms with van der Waals surface area (Å²) < 4.78 is 34.5. The van der Waals surface area contributed by atoms with Gasteiger partial charge in [0, 0.05) is 71.8 Å². The fourth-order valence-corrected chi connectivity index (χ4v) is 9.80. The van der Waals surface area contributed by atoms with Crippen molar-refractivity contribution in [3.8, 4) is 11.1 Å². The van der Waals surface area contributed by atoms with E-state index in [-0.39, 0.29) is 23.2 Å². The highest BCUT2D eigenvalue weighted by Gasteiger charge is 2.29. The maximum atomic E-state index is 13.5. The van der Waals surface area contributed by atoms with E-state index < -0.39 is 37.5 Å². The van der Waals surface area contributed by atoms with Crippen LogP contribution in [0.15, 0.2) is 131 Å². The van der Waals surface area contributed by atoms with Crippen LogP contribution in [0.5, 0.6) is 0 Å². The highest BCUT2D eigenvalue weighted by molar-refractivity contribution is 7.99. The molecule has 314 valence electrons. The topological polar surface area (TPSA) is 154 Å². The van der Waals surface area contributed by atoms with Crippen LogP contribution in [0.3, 0.4) is 0 Å². The predicted molar refractivity (Wildman–Crippen MR) is 237 cm³/mol. The molecule has 60 heavy (non-hydrogen) atoms. The summed E-state index contributed by atoms with van der Waals surface area (Å²) in [6, 6.07) is 35.5. The van der Waals surface area contributed by atoms with Crippen molar-refractivity contribution in [2.75, 3.05) is 61.9 Å². The van der Waals surface area contributed by atoms with E-state index in [1.807, 2.05) is 78.9 Å². The number of morpholine rings is 1. The molecule has 0 aromatic heterocycles. The van der Waals surface area contributed by atoms with E-state index >= 15 is 0 Å². The number of nitro groups is 1. The van der Waals surface area contributed by atoms with E-state index in [1.165, 1.54) is 12.1 Å². The number of aliphatic hydroxyl groups is 1. The third-order valence-corrected chi connectivity index (χ3v) is 13.8. The van der Waals surface area contributed by atoms with Crippen LogP contribution in [-0.2, 0) is 14.8 Å². The largest absolute Gasteiger partial charge is 0.388 e. The molecule has 2 atom stereocenters. The van der Waals surface area contributed by atoms with Crippen LogP contribution in [0.1, 0.15) is 41.3 Å². The quantitative estimate of drug-likeness (QED) is 0.0499. The van der Waals surface area contributed by atoms with Crippen LogP contribution < -0.4 is 14.9 Å². The smallest absolute Gasteiger partial charge is 0.293 e. The van der Waals surface area contributed by atoms with Gasteiger partial charge < -0.3 is 20.1 Å². The van der Waals surface area contributed by atoms with Crippen LogP contribution in [0.2, 0.25) is 5.02 Å². The van der Waals surface area contributed by atoms with Crippen LogP contribution in [0.25, 0.3) is 11.1 Å². The summed E-state index contributed by atoms with van der Waals surface area (Å²) in [5.74, 6) is -0.178. The van der Waals surface area contributed by atoms with E-state index in [9.17, 15) is 28.4 Å². The first-order valence-electron chi connectivity index (χ1n) is 20.0. The Morgan fingerprint density at radius 2 is 1.58 bits per heavy atom. The highest BCUT2D eigenvalue weighted by atomic mass is 35.5. The van der Waals surface area contributed by atoms with Gasteiger partial charge in [-0.25, -0.2) is 13.1 Å². The van der Waals surface area contributed by atoms with E-state index in [4.69, 9.17) is 16.3 Å². The number of hydrogen-bond acceptors (Lipinski definition) is 11. The number of ether oxygens (including phenoxy) is 1. The van der Waals surface area contributed by atoms with Crippen molar-refractivity contribution in [1.29, 1.82) is 0 Å². The van der Waals surface area contributed by atoms with Gasteiger partial charge >= 0.3 is 0 Å². The number of piperidine rings is 1. The number of nitrogens with zero attached hydrogens (tertiary/aromatic N) is 3. The Morgan fingerprint density at radius 1 is 0.900 bits per heavy atom. The molecule has 1 amide bonds. The van der Waals surface area contributed by atoms with Crippen molar-refractivity contribution in [3.05, 3.63) is 148 Å². The Balaban J connectivity index is 0.967. The molecule has 0 aliphatic carbocycles. The molecule has 0 radical (unpaired) electrons. The van der Waals surface area contributed by atoms with Crippen LogP contribution in [-0.4, -0.2) is 87.0 Å². The molecule has 2 aliphatic rings. The average Bonchev–Trinajstić information content (AvgIpc) is 3.28. The second kappa shape index (κ2) is 20.1. The van der Waals surface area contributed by atoms with Crippen molar-refractivity contribution in [3.63, 3.8) is 0 Å². The minimum atomic E-state index is -4.47. The van der Waals surface area contributed by atoms with Gasteiger partial charge in [0.25, 0.3) is 21.6 Å². The first-order chi connectivity index (χ1) is 29.0. The lowest BCUT2D eigenvalue weighted by atomic mass is 9.84. The molecule has 0 bridgehead atoms. The molecule has 12 nitrogen and oxygen atoms in total. The van der Waals surface area contributed by atoms with Gasteiger partial charge in [-0.1, -0.05) is 66.2 Å². The molecule has 5 aromatic rings. The van der Waals surface area contributed by atoms with Crippen molar-refractivity contribution in [2.24, 2.45) is 5.92 Å². The molecule has 5 aromatic carbocycles. The van der Waals surface area contributed by atoms with Crippen molar-refractivity contribution >= 4 is 56.4 Å². The third-order valence-electron chi connectivity index (χ3n) is 11.1. The minimum absolute atomic E-state index is 0.0473. The second-order valence-electron chi connectivity index (χ2n) is 15.0. The van der Waals surface area contributed by atoms with E-state index in [1.54, 1.807) is 36.0 Å². The number of nitrogens with one attached hydrogen (secondary N) is 2. The van der Waals surface area contributed by atoms with Gasteiger partial charge in [0.1, 0.15) is 5.69 Å². The van der Waals surface area contributed by atoms with Crippen molar-refractivity contribution < 1.29 is 28.0 Å². The van der Waals surface area contributed by atoms with Gasteiger partial charge in [-0.2, -0.15) is 0 Å². The van der Waals surface area contributed by atoms with Crippen LogP contribution >= 0.6 is 23.4 Å². The molecule has 7 rings (SSSR count). The Labute approximate surface area is 360 Å². The zero-order valence-corrected chi connectivity index (χ0v) is 35.4. The zero-order chi connectivity index (χ0) is 42.1. The fraction of sp³-hybridized carbons (Fsp3) is 0.311. The maximum absolute atomic E-state index is 13.5. The number of carbonyl (C=O) groups excluding carboxylic acids is 1. The number of benzene rings is 5. The number of thioether (sulfide) groups is 1. The molecule has 2 heterocycles. The third kappa shape index (κ3) is 11.0. The molecular weight excluding hydrogens is 822 g/mol. The number of amides is 1. The summed E-state index contributed by atoms with van der Waals surface area (Å²) in [5, 5.41) is 27.8. The molecule has 2 saturated heterocycles. The normalized spacial score (nSPS) is 16.2. The molecule has 0 saturated carbocycles. The Bertz CT molecular complexity index is 2340. The number of nitro benzene ring substituents is 1. The summed E-state index contributed by atoms with van der Waals surface area (Å²) >= 11 is 7.75. The summed E-state index contributed by atoms with van der Waals surface area (Å²) in [4.78, 5) is 30.1. The van der Waals surface area contributed by atoms with Gasteiger partial charge in [0.2, 0.25) is 0 Å². The zero-order valence-electron chi connectivity index (χ0n) is 33.0. The summed E-state index contributed by atoms with van der Waals surface area (Å²) in [6.45, 7) is 5.11. The Hall–Kier alpha value is -4.96. The molecule has 0 spiro atoms. The number of halogens is 1. The Morgan fingerprint density at radius 3 is 2.28 bits per heavy atom. The standard InChI is InChI=1S/C45H48ClN5O7S2/c46-35-14-10-32(11-15-35)40-8-4-5-9-41(40)44(52)33-20-24-50(25-21-33)37-16-12-34(13-17-37)45(53)48-60(56,57)39-18-19-42(43(30-39)51(54)55)47-36(22-23-49-26-28-58-29-27-49)31-59-38-6-2-1-3-7-38/h1-19,30,33,36,44,47,52H,20-29,31H2,(H,48,53)/t36-,44+/m1/s1. The van der Waals surface area contributed by atoms with Crippen molar-refractivity contribution in [1.82, 2.24) is 9.62 Å². The SMILES string of the molecule is O=C(NS(=O)(=O)c1ccc(N[C@H](CCN2CCOCC2)CSc2ccccc2)c([N+](=O)[O-])c1)c1ccc(N2CCC([C@H](O)c3ccccc3-c3ccc(Cl)cc3)CC2)cc1. The van der Waals surface area contributed by atoms with Gasteiger partial charge in [0.05, 0.1) is 29.1 Å². The molecule has 0 unspecified atom stereocenters. The van der Waals surface area contributed by atoms with E-state index in [0.717, 1.165) is 65.8 Å². The summed E-state index contributed by atoms with van der Waals surface area (Å²) in [6.07, 6.45) is 1.55. The molecule has 3 N–H and O–H groups in total. The lowest BCUT2D eigenvalue weighted by Gasteiger charge is -2.36. The van der Waals surface area contributed by atoms with Gasteiger partial charge in [-0.05, 0) is 103 Å². The monoisotopic (exact) mass is 869 g/mol. The Kier molecular flexibility index (Phi) is 14.4. The van der Waals surface area contributed by atoms with Crippen LogP contribution in [0.4, 0.5) is 17.1 Å². The summed E-state index contributed by atoms with van der Waals surface area (Å²) in [7, 11) is -4.47. The summed E-state index contributed by atoms with van der Waals surface area (Å²) in [5.41, 5.74) is 3.62. The van der Waals surface area contributed by atoms with Gasteiger partial charge in [0.15, 0.2) is 0 Å². The predicted octanol–water partition coefficient (Wildman–Crippen LogP) is 8.28. The number of sulfonamides is 1. The lowest BCUT2D eigenvalue weighted by Crippen LogP contribution is -2.39. The average molecular weight is 870 g/mol. The van der Waals surface area contributed by atoms with Crippen molar-refractivity contribution in [2.45, 2.75) is 41.2 Å². The number of hydrogen-bond donors (Lipinski definition) is 3. The molecular formula is C45H48ClN5O7S2. The van der Waals surface area contributed by atoms with E-state index in [2.05, 4.69) is 19.8 Å². The van der Waals surface area contributed by atoms with Gasteiger partial charge in [-0.3, -0.25) is 19.8 Å². The minimum Gasteiger partial charge on any atom is -0.388 e. The second-order valence-corrected chi connectivity index (χ2v) is 18.2. The fourth-order valence-electron chi connectivity index (χ4n) is 7.68. The van der Waals surface area contributed by atoms with E-state index in [0.29, 0.717) is 43.5 Å².